The summed E-state index contributed by atoms with van der Waals surface area (Å²) in [5.41, 5.74) is 1.25. The van der Waals surface area contributed by atoms with Gasteiger partial charge in [-0.25, -0.2) is 0 Å². The molecule has 7 heteroatoms. The number of carboxylic acid groups (broad SMARTS) is 1. The van der Waals surface area contributed by atoms with Gasteiger partial charge in [0.2, 0.25) is 0 Å². The van der Waals surface area contributed by atoms with Crippen molar-refractivity contribution in [2.45, 2.75) is 45.8 Å². The van der Waals surface area contributed by atoms with Crippen LogP contribution in [0, 0.1) is 19.8 Å². The smallest absolute Gasteiger partial charge is 0.387 e. The van der Waals surface area contributed by atoms with E-state index < -0.39 is 18.5 Å². The van der Waals surface area contributed by atoms with Crippen molar-refractivity contribution >= 4 is 11.9 Å². The number of alkyl halides is 2. The Hall–Kier alpha value is -2.18. The van der Waals surface area contributed by atoms with E-state index in [1.54, 1.807) is 13.8 Å². The lowest BCUT2D eigenvalue weighted by Crippen LogP contribution is -2.33. The number of nitrogens with one attached hydrogen (secondary N) is 1. The number of hydrogen-bond donors (Lipinski definition) is 2. The number of halogens is 2. The van der Waals surface area contributed by atoms with Gasteiger partial charge in [0.15, 0.2) is 0 Å². The van der Waals surface area contributed by atoms with Crippen LogP contribution in [0.15, 0.2) is 12.1 Å². The third-order valence-electron chi connectivity index (χ3n) is 4.05. The molecule has 0 aromatic heterocycles. The first kappa shape index (κ1) is 17.2. The molecule has 0 unspecified atom stereocenters. The van der Waals surface area contributed by atoms with Gasteiger partial charge in [0, 0.05) is 11.6 Å². The van der Waals surface area contributed by atoms with Crippen LogP contribution in [0.5, 0.6) is 5.75 Å². The Bertz CT molecular complexity index is 595. The van der Waals surface area contributed by atoms with E-state index in [9.17, 15) is 18.4 Å². The van der Waals surface area contributed by atoms with Gasteiger partial charge < -0.3 is 15.2 Å². The molecule has 1 fully saturated rings. The summed E-state index contributed by atoms with van der Waals surface area (Å²) < 4.78 is 29.2. The van der Waals surface area contributed by atoms with Gasteiger partial charge in [-0.3, -0.25) is 9.59 Å². The maximum Gasteiger partial charge on any atom is 0.387 e. The molecule has 0 heterocycles. The lowest BCUT2D eigenvalue weighted by Gasteiger charge is -2.15. The summed E-state index contributed by atoms with van der Waals surface area (Å²) in [6.45, 7) is 0.271. The number of hydrogen-bond acceptors (Lipinski definition) is 3. The minimum atomic E-state index is -2.92. The summed E-state index contributed by atoms with van der Waals surface area (Å²) in [5, 5.41) is 11.8. The molecule has 0 radical (unpaired) electrons. The van der Waals surface area contributed by atoms with E-state index in [1.807, 2.05) is 0 Å². The number of aryl methyl sites for hydroxylation is 2. The largest absolute Gasteiger partial charge is 0.481 e. The predicted molar refractivity (Wildman–Crippen MR) is 78.8 cm³/mol. The zero-order valence-electron chi connectivity index (χ0n) is 12.9. The summed E-state index contributed by atoms with van der Waals surface area (Å²) in [6.07, 6.45) is 1.57. The molecule has 2 N–H and O–H groups in total. The van der Waals surface area contributed by atoms with Crippen molar-refractivity contribution in [1.82, 2.24) is 5.32 Å². The number of carbonyl (C=O) groups excluding carboxylic acids is 1. The molecule has 1 aliphatic carbocycles. The van der Waals surface area contributed by atoms with E-state index in [2.05, 4.69) is 10.1 Å². The van der Waals surface area contributed by atoms with Crippen molar-refractivity contribution in [2.75, 3.05) is 0 Å². The zero-order valence-corrected chi connectivity index (χ0v) is 12.9. The monoisotopic (exact) mass is 327 g/mol. The fraction of sp³-hybridized carbons (Fsp3) is 0.500. The van der Waals surface area contributed by atoms with Crippen molar-refractivity contribution in [1.29, 1.82) is 0 Å². The van der Waals surface area contributed by atoms with Gasteiger partial charge in [0.1, 0.15) is 5.75 Å². The van der Waals surface area contributed by atoms with Crippen LogP contribution in [0.3, 0.4) is 0 Å². The minimum Gasteiger partial charge on any atom is -0.481 e. The number of aliphatic carboxylic acids is 1. The molecule has 2 atom stereocenters. The standard InChI is InChI=1S/C16H19F2NO4/c1-8-5-11(6-9(2)13(8)23-16(17)18)14(20)19-12-4-3-10(7-12)15(21)22/h5-6,10,12,16H,3-4,7H2,1-2H3,(H,19,20)(H,21,22)/t10-,12+/m0/s1. The van der Waals surface area contributed by atoms with Gasteiger partial charge in [-0.1, -0.05) is 0 Å². The molecular weight excluding hydrogens is 308 g/mol. The molecule has 126 valence electrons. The molecular formula is C16H19F2NO4. The second-order valence-corrected chi connectivity index (χ2v) is 5.84. The van der Waals surface area contributed by atoms with E-state index in [0.29, 0.717) is 36.0 Å². The lowest BCUT2D eigenvalue weighted by molar-refractivity contribution is -0.141. The van der Waals surface area contributed by atoms with Gasteiger partial charge in [0.25, 0.3) is 5.91 Å². The molecule has 0 aliphatic heterocycles. The summed E-state index contributed by atoms with van der Waals surface area (Å²) in [4.78, 5) is 23.2. The van der Waals surface area contributed by atoms with Crippen molar-refractivity contribution in [3.05, 3.63) is 28.8 Å². The zero-order chi connectivity index (χ0) is 17.1. The van der Waals surface area contributed by atoms with Gasteiger partial charge in [0.05, 0.1) is 5.92 Å². The van der Waals surface area contributed by atoms with Crippen LogP contribution in [-0.4, -0.2) is 29.6 Å². The van der Waals surface area contributed by atoms with E-state index in [4.69, 9.17) is 5.11 Å². The lowest BCUT2D eigenvalue weighted by atomic mass is 10.0. The highest BCUT2D eigenvalue weighted by molar-refractivity contribution is 5.95. The Balaban J connectivity index is 2.07. The third kappa shape index (κ3) is 4.18. The number of benzene rings is 1. The number of ether oxygens (including phenoxy) is 1. The van der Waals surface area contributed by atoms with Gasteiger partial charge in [-0.2, -0.15) is 8.78 Å². The Morgan fingerprint density at radius 2 is 1.87 bits per heavy atom. The summed E-state index contributed by atoms with van der Waals surface area (Å²) in [5.74, 6) is -1.54. The molecule has 1 aliphatic rings. The third-order valence-corrected chi connectivity index (χ3v) is 4.05. The Labute approximate surface area is 132 Å². The first-order valence-electron chi connectivity index (χ1n) is 7.37. The van der Waals surface area contributed by atoms with Gasteiger partial charge in [-0.15, -0.1) is 0 Å². The fourth-order valence-corrected chi connectivity index (χ4v) is 2.96. The fourth-order valence-electron chi connectivity index (χ4n) is 2.96. The molecule has 1 aromatic rings. The van der Waals surface area contributed by atoms with Crippen LogP contribution < -0.4 is 10.1 Å². The first-order chi connectivity index (χ1) is 10.8. The van der Waals surface area contributed by atoms with Crippen LogP contribution in [0.1, 0.15) is 40.7 Å². The maximum absolute atomic E-state index is 12.4. The highest BCUT2D eigenvalue weighted by atomic mass is 19.3. The van der Waals surface area contributed by atoms with Crippen LogP contribution in [-0.2, 0) is 4.79 Å². The number of rotatable bonds is 5. The normalized spacial score (nSPS) is 20.6. The van der Waals surface area contributed by atoms with Crippen molar-refractivity contribution in [3.63, 3.8) is 0 Å². The SMILES string of the molecule is Cc1cc(C(=O)N[C@@H]2CC[C@H](C(=O)O)C2)cc(C)c1OC(F)F. The number of carboxylic acids is 1. The Morgan fingerprint density at radius 3 is 2.35 bits per heavy atom. The van der Waals surface area contributed by atoms with Crippen molar-refractivity contribution in [3.8, 4) is 5.75 Å². The van der Waals surface area contributed by atoms with E-state index in [-0.39, 0.29) is 17.7 Å². The molecule has 0 bridgehead atoms. The number of carbonyl (C=O) groups is 2. The van der Waals surface area contributed by atoms with Crippen LogP contribution in [0.4, 0.5) is 8.78 Å². The van der Waals surface area contributed by atoms with E-state index >= 15 is 0 Å². The summed E-state index contributed by atoms with van der Waals surface area (Å²) in [6, 6.07) is 2.80. The average molecular weight is 327 g/mol. The highest BCUT2D eigenvalue weighted by Crippen LogP contribution is 2.28. The molecule has 1 amide bonds. The van der Waals surface area contributed by atoms with Crippen molar-refractivity contribution < 1.29 is 28.2 Å². The second kappa shape index (κ2) is 6.93. The molecule has 5 nitrogen and oxygen atoms in total. The maximum atomic E-state index is 12.4. The molecule has 2 rings (SSSR count). The molecule has 1 saturated carbocycles. The molecule has 0 saturated heterocycles. The molecule has 0 spiro atoms. The Kier molecular flexibility index (Phi) is 5.18. The van der Waals surface area contributed by atoms with Crippen LogP contribution in [0.2, 0.25) is 0 Å². The van der Waals surface area contributed by atoms with E-state index in [0.717, 1.165) is 0 Å². The average Bonchev–Trinajstić information content (AvgIpc) is 2.91. The topological polar surface area (TPSA) is 75.6 Å². The van der Waals surface area contributed by atoms with E-state index in [1.165, 1.54) is 12.1 Å². The quantitative estimate of drug-likeness (QED) is 0.872. The van der Waals surface area contributed by atoms with Crippen LogP contribution >= 0.6 is 0 Å². The van der Waals surface area contributed by atoms with Gasteiger partial charge in [-0.05, 0) is 56.4 Å². The first-order valence-corrected chi connectivity index (χ1v) is 7.37. The predicted octanol–water partition coefficient (Wildman–Crippen LogP) is 2.89. The summed E-state index contributed by atoms with van der Waals surface area (Å²) in [7, 11) is 0. The molecule has 23 heavy (non-hydrogen) atoms. The van der Waals surface area contributed by atoms with Crippen molar-refractivity contribution in [2.24, 2.45) is 5.92 Å². The Morgan fingerprint density at radius 1 is 1.26 bits per heavy atom. The molecule has 1 aromatic carbocycles. The van der Waals surface area contributed by atoms with Gasteiger partial charge >= 0.3 is 12.6 Å². The van der Waals surface area contributed by atoms with Crippen LogP contribution in [0.25, 0.3) is 0 Å². The highest BCUT2D eigenvalue weighted by Gasteiger charge is 2.30. The second-order valence-electron chi connectivity index (χ2n) is 5.84. The minimum absolute atomic E-state index is 0.0726. The number of amides is 1. The summed E-state index contributed by atoms with van der Waals surface area (Å²) >= 11 is 0.